The van der Waals surface area contributed by atoms with Crippen molar-refractivity contribution >= 4 is 5.91 Å². The molecule has 0 rings (SSSR count). The van der Waals surface area contributed by atoms with Crippen LogP contribution in [0.1, 0.15) is 26.7 Å². The monoisotopic (exact) mass is 242 g/mol. The van der Waals surface area contributed by atoms with E-state index in [1.54, 1.807) is 13.8 Å². The fourth-order valence-electron chi connectivity index (χ4n) is 1.14. The summed E-state index contributed by atoms with van der Waals surface area (Å²) in [5.41, 5.74) is 1.92. The summed E-state index contributed by atoms with van der Waals surface area (Å²) in [5.74, 6) is 4.25. The first-order valence-electron chi connectivity index (χ1n) is 4.96. The number of ether oxygens (including phenoxy) is 1. The Morgan fingerprint density at radius 2 is 2.00 bits per heavy atom. The molecule has 0 aliphatic heterocycles. The van der Waals surface area contributed by atoms with Gasteiger partial charge in [-0.3, -0.25) is 10.2 Å². The average Bonchev–Trinajstić information content (AvgIpc) is 2.14. The van der Waals surface area contributed by atoms with Crippen LogP contribution in [0.4, 0.5) is 13.2 Å². The fourth-order valence-corrected chi connectivity index (χ4v) is 1.14. The molecule has 0 aliphatic rings. The molecule has 0 aromatic carbocycles. The van der Waals surface area contributed by atoms with E-state index in [9.17, 15) is 18.0 Å². The highest BCUT2D eigenvalue weighted by Gasteiger charge is 2.27. The van der Waals surface area contributed by atoms with E-state index < -0.39 is 24.6 Å². The Morgan fingerprint density at radius 3 is 2.38 bits per heavy atom. The molecule has 16 heavy (non-hydrogen) atoms. The lowest BCUT2D eigenvalue weighted by atomic mass is 10.1. The number of rotatable bonds is 6. The van der Waals surface area contributed by atoms with E-state index in [4.69, 9.17) is 10.6 Å². The van der Waals surface area contributed by atoms with Gasteiger partial charge in [0.1, 0.15) is 6.10 Å². The third-order valence-corrected chi connectivity index (χ3v) is 1.91. The van der Waals surface area contributed by atoms with Crippen LogP contribution in [0.15, 0.2) is 0 Å². The summed E-state index contributed by atoms with van der Waals surface area (Å²) in [4.78, 5) is 11.2. The van der Waals surface area contributed by atoms with Crippen LogP contribution >= 0.6 is 0 Å². The van der Waals surface area contributed by atoms with E-state index in [0.29, 0.717) is 0 Å². The van der Waals surface area contributed by atoms with Gasteiger partial charge in [-0.25, -0.2) is 5.84 Å². The van der Waals surface area contributed by atoms with Crippen molar-refractivity contribution in [3.63, 3.8) is 0 Å². The molecule has 0 saturated carbocycles. The molecule has 0 heterocycles. The third kappa shape index (κ3) is 6.62. The van der Waals surface area contributed by atoms with Crippen molar-refractivity contribution in [1.82, 2.24) is 5.43 Å². The highest BCUT2D eigenvalue weighted by atomic mass is 19.4. The lowest BCUT2D eigenvalue weighted by molar-refractivity contribution is -0.143. The van der Waals surface area contributed by atoms with E-state index in [1.807, 2.05) is 5.43 Å². The quantitative estimate of drug-likeness (QED) is 0.320. The zero-order valence-electron chi connectivity index (χ0n) is 9.30. The SMILES string of the molecule is CC(C)C(OCCCC(F)(F)F)C(=O)NN. The Hall–Kier alpha value is -0.820. The molecule has 0 aromatic heterocycles. The molecule has 7 heteroatoms. The lowest BCUT2D eigenvalue weighted by Crippen LogP contribution is -2.43. The number of alkyl halides is 3. The van der Waals surface area contributed by atoms with E-state index in [-0.39, 0.29) is 18.9 Å². The summed E-state index contributed by atoms with van der Waals surface area (Å²) < 4.78 is 40.5. The molecule has 1 amide bonds. The molecule has 0 aromatic rings. The van der Waals surface area contributed by atoms with Gasteiger partial charge in [0.2, 0.25) is 0 Å². The van der Waals surface area contributed by atoms with Crippen molar-refractivity contribution < 1.29 is 22.7 Å². The predicted octanol–water partition coefficient (Wildman–Crippen LogP) is 1.36. The van der Waals surface area contributed by atoms with Gasteiger partial charge in [-0.1, -0.05) is 13.8 Å². The zero-order valence-corrected chi connectivity index (χ0v) is 9.30. The van der Waals surface area contributed by atoms with Crippen LogP contribution in [-0.4, -0.2) is 24.8 Å². The number of hydrogen-bond acceptors (Lipinski definition) is 3. The summed E-state index contributed by atoms with van der Waals surface area (Å²) >= 11 is 0. The molecular formula is C9H17F3N2O2. The highest BCUT2D eigenvalue weighted by molar-refractivity contribution is 5.80. The maximum atomic E-state index is 11.8. The molecule has 3 N–H and O–H groups in total. The van der Waals surface area contributed by atoms with E-state index in [0.717, 1.165) is 0 Å². The topological polar surface area (TPSA) is 64.3 Å². The number of amides is 1. The van der Waals surface area contributed by atoms with Gasteiger partial charge in [0.05, 0.1) is 0 Å². The number of hydrogen-bond donors (Lipinski definition) is 2. The van der Waals surface area contributed by atoms with Gasteiger partial charge in [0.15, 0.2) is 0 Å². The first-order valence-corrected chi connectivity index (χ1v) is 4.96. The van der Waals surface area contributed by atoms with Crippen LogP contribution in [0.25, 0.3) is 0 Å². The van der Waals surface area contributed by atoms with Gasteiger partial charge in [0, 0.05) is 13.0 Å². The van der Waals surface area contributed by atoms with Crippen LogP contribution in [-0.2, 0) is 9.53 Å². The van der Waals surface area contributed by atoms with Gasteiger partial charge < -0.3 is 4.74 Å². The number of hydrazine groups is 1. The largest absolute Gasteiger partial charge is 0.389 e. The molecule has 0 radical (unpaired) electrons. The minimum Gasteiger partial charge on any atom is -0.368 e. The maximum Gasteiger partial charge on any atom is 0.389 e. The fraction of sp³-hybridized carbons (Fsp3) is 0.889. The Morgan fingerprint density at radius 1 is 1.44 bits per heavy atom. The van der Waals surface area contributed by atoms with Crippen molar-refractivity contribution in [3.8, 4) is 0 Å². The Labute approximate surface area is 92.3 Å². The van der Waals surface area contributed by atoms with E-state index in [1.165, 1.54) is 0 Å². The number of nitrogens with two attached hydrogens (primary N) is 1. The summed E-state index contributed by atoms with van der Waals surface area (Å²) in [6.07, 6.45) is -6.07. The molecule has 96 valence electrons. The first kappa shape index (κ1) is 15.2. The van der Waals surface area contributed by atoms with Crippen molar-refractivity contribution in [2.75, 3.05) is 6.61 Å². The van der Waals surface area contributed by atoms with Gasteiger partial charge in [-0.05, 0) is 12.3 Å². The number of carbonyl (C=O) groups excluding carboxylic acids is 1. The van der Waals surface area contributed by atoms with Gasteiger partial charge in [-0.2, -0.15) is 13.2 Å². The van der Waals surface area contributed by atoms with Crippen LogP contribution in [0.2, 0.25) is 0 Å². The smallest absolute Gasteiger partial charge is 0.368 e. The van der Waals surface area contributed by atoms with Crippen LogP contribution in [0.3, 0.4) is 0 Å². The van der Waals surface area contributed by atoms with E-state index >= 15 is 0 Å². The Balaban J connectivity index is 3.91. The van der Waals surface area contributed by atoms with Crippen LogP contribution < -0.4 is 11.3 Å². The maximum absolute atomic E-state index is 11.8. The second-order valence-corrected chi connectivity index (χ2v) is 3.76. The molecule has 1 atom stereocenters. The molecule has 0 aliphatic carbocycles. The van der Waals surface area contributed by atoms with E-state index in [2.05, 4.69) is 0 Å². The Bertz CT molecular complexity index is 219. The second kappa shape index (κ2) is 6.70. The van der Waals surface area contributed by atoms with Crippen LogP contribution in [0, 0.1) is 5.92 Å². The van der Waals surface area contributed by atoms with Crippen molar-refractivity contribution in [3.05, 3.63) is 0 Å². The molecule has 1 unspecified atom stereocenters. The van der Waals surface area contributed by atoms with Crippen molar-refractivity contribution in [2.45, 2.75) is 39.0 Å². The van der Waals surface area contributed by atoms with Gasteiger partial charge in [0.25, 0.3) is 5.91 Å². The predicted molar refractivity (Wildman–Crippen MR) is 52.2 cm³/mol. The van der Waals surface area contributed by atoms with Crippen LogP contribution in [0.5, 0.6) is 0 Å². The third-order valence-electron chi connectivity index (χ3n) is 1.91. The Kier molecular flexibility index (Phi) is 6.35. The standard InChI is InChI=1S/C9H17F3N2O2/c1-6(2)7(8(15)14-13)16-5-3-4-9(10,11)12/h6-7H,3-5,13H2,1-2H3,(H,14,15). The average molecular weight is 242 g/mol. The minimum absolute atomic E-state index is 0.115. The molecular weight excluding hydrogens is 225 g/mol. The number of carbonyl (C=O) groups is 1. The summed E-state index contributed by atoms with van der Waals surface area (Å²) in [7, 11) is 0. The minimum atomic E-state index is -4.19. The van der Waals surface area contributed by atoms with Gasteiger partial charge in [-0.15, -0.1) is 0 Å². The highest BCUT2D eigenvalue weighted by Crippen LogP contribution is 2.21. The normalized spacial score (nSPS) is 13.9. The molecule has 0 spiro atoms. The second-order valence-electron chi connectivity index (χ2n) is 3.76. The van der Waals surface area contributed by atoms with Crippen molar-refractivity contribution in [1.29, 1.82) is 0 Å². The van der Waals surface area contributed by atoms with Gasteiger partial charge >= 0.3 is 6.18 Å². The van der Waals surface area contributed by atoms with Crippen molar-refractivity contribution in [2.24, 2.45) is 11.8 Å². The molecule has 4 nitrogen and oxygen atoms in total. The molecule has 0 saturated heterocycles. The summed E-state index contributed by atoms with van der Waals surface area (Å²) in [6, 6.07) is 0. The number of nitrogens with one attached hydrogen (secondary N) is 1. The molecule has 0 fully saturated rings. The molecule has 0 bridgehead atoms. The number of halogens is 3. The lowest BCUT2D eigenvalue weighted by Gasteiger charge is -2.19. The summed E-state index contributed by atoms with van der Waals surface area (Å²) in [5, 5.41) is 0. The zero-order chi connectivity index (χ0) is 12.8. The summed E-state index contributed by atoms with van der Waals surface area (Å²) in [6.45, 7) is 3.34. The first-order chi connectivity index (χ1) is 7.28.